The molecule has 8 aromatic carbocycles. The molecule has 70 heavy (non-hydrogen) atoms. The van der Waals surface area contributed by atoms with Crippen LogP contribution in [0.15, 0.2) is 194 Å². The highest BCUT2D eigenvalue weighted by Gasteiger charge is 2.30. The van der Waals surface area contributed by atoms with Gasteiger partial charge in [-0.05, 0) is 118 Å². The van der Waals surface area contributed by atoms with Gasteiger partial charge in [0.25, 0.3) is 0 Å². The van der Waals surface area contributed by atoms with Crippen LogP contribution in [0, 0.1) is 0 Å². The van der Waals surface area contributed by atoms with Crippen LogP contribution < -0.4 is 14.5 Å². The zero-order valence-corrected chi connectivity index (χ0v) is 41.0. The molecule has 0 radical (unpaired) electrons. The second-order valence-corrected chi connectivity index (χ2v) is 20.5. The summed E-state index contributed by atoms with van der Waals surface area (Å²) in [5.74, 6) is 3.17. The van der Waals surface area contributed by atoms with E-state index in [4.69, 9.17) is 9.72 Å². The second-order valence-electron chi connectivity index (χ2n) is 20.5. The summed E-state index contributed by atoms with van der Waals surface area (Å²) < 4.78 is 11.8. The number of ether oxygens (including phenoxy) is 1. The molecule has 344 valence electrons. The summed E-state index contributed by atoms with van der Waals surface area (Å²) in [5.41, 5.74) is 16.5. The van der Waals surface area contributed by atoms with Gasteiger partial charge in [0.2, 0.25) is 0 Å². The van der Waals surface area contributed by atoms with Crippen LogP contribution in [0.2, 0.25) is 0 Å². The van der Waals surface area contributed by atoms with Gasteiger partial charge in [0.1, 0.15) is 24.0 Å². The number of hydrogen-bond acceptors (Lipinski definition) is 4. The van der Waals surface area contributed by atoms with Gasteiger partial charge in [0.05, 0.1) is 39.1 Å². The normalized spacial score (nSPS) is 12.9. The second kappa shape index (κ2) is 16.8. The Hall–Kier alpha value is -8.09. The first kappa shape index (κ1) is 43.2. The molecule has 0 amide bonds. The van der Waals surface area contributed by atoms with Crippen molar-refractivity contribution in [2.75, 3.05) is 16.5 Å². The van der Waals surface area contributed by atoms with Gasteiger partial charge in [0.15, 0.2) is 0 Å². The maximum absolute atomic E-state index is 7.15. The van der Waals surface area contributed by atoms with Crippen molar-refractivity contribution in [1.29, 1.82) is 0 Å². The van der Waals surface area contributed by atoms with Gasteiger partial charge in [-0.2, -0.15) is 0 Å². The maximum Gasteiger partial charge on any atom is 0.137 e. The van der Waals surface area contributed by atoms with Gasteiger partial charge < -0.3 is 19.1 Å². The van der Waals surface area contributed by atoms with Crippen molar-refractivity contribution in [3.63, 3.8) is 0 Å². The predicted octanol–water partition coefficient (Wildman–Crippen LogP) is 17.5. The van der Waals surface area contributed by atoms with E-state index in [-0.39, 0.29) is 5.41 Å². The molecule has 11 aromatic rings. The lowest BCUT2D eigenvalue weighted by Crippen LogP contribution is -2.24. The monoisotopic (exact) mass is 911 g/mol. The topological polar surface area (TPSA) is 38.5 Å². The number of pyridine rings is 1. The predicted molar refractivity (Wildman–Crippen MR) is 294 cm³/mol. The first-order valence-corrected chi connectivity index (χ1v) is 24.7. The van der Waals surface area contributed by atoms with Crippen LogP contribution in [0.3, 0.4) is 0 Å². The van der Waals surface area contributed by atoms with E-state index in [0.717, 1.165) is 73.2 Å². The standard InChI is InChI=1S/C64H57N5O/c1-41(2)50-23-17-24-51(42(3)4)63(50)43-18-16-19-45(34-43)66-40-67(60-29-15-14-28-59(60)66)46-36-47(68-56-25-11-8-20-52(56)53-21-9-12-26-57(53)68)38-49(37-46)70-48-30-31-55-54-22-10-13-27-58(54)69(61(55)39-48)62-35-44(32-33-65-62)64(5,6)7/h8-39,41-42H,40H2,1-7H3. The molecule has 1 aliphatic rings. The van der Waals surface area contributed by atoms with Crippen molar-refractivity contribution in [3.8, 4) is 34.1 Å². The third kappa shape index (κ3) is 7.29. The smallest absolute Gasteiger partial charge is 0.137 e. The van der Waals surface area contributed by atoms with Crippen LogP contribution >= 0.6 is 0 Å². The summed E-state index contributed by atoms with van der Waals surface area (Å²) in [6, 6.07) is 68.3. The Morgan fingerprint density at radius 3 is 1.64 bits per heavy atom. The van der Waals surface area contributed by atoms with Crippen LogP contribution in [-0.2, 0) is 5.41 Å². The molecule has 6 heteroatoms. The van der Waals surface area contributed by atoms with Crippen molar-refractivity contribution in [2.45, 2.75) is 65.7 Å². The van der Waals surface area contributed by atoms with Gasteiger partial charge in [-0.25, -0.2) is 4.98 Å². The summed E-state index contributed by atoms with van der Waals surface area (Å²) in [5, 5.41) is 4.75. The average Bonchev–Trinajstić information content (AvgIpc) is 4.04. The van der Waals surface area contributed by atoms with Crippen molar-refractivity contribution < 1.29 is 4.74 Å². The lowest BCUT2D eigenvalue weighted by Gasteiger charge is -2.25. The Morgan fingerprint density at radius 1 is 0.457 bits per heavy atom. The Kier molecular flexibility index (Phi) is 10.4. The number of aromatic nitrogens is 3. The van der Waals surface area contributed by atoms with Crippen LogP contribution in [0.4, 0.5) is 22.7 Å². The number of hydrogen-bond donors (Lipinski definition) is 0. The van der Waals surface area contributed by atoms with Gasteiger partial charge in [-0.3, -0.25) is 4.57 Å². The lowest BCUT2D eigenvalue weighted by molar-refractivity contribution is 0.483. The number of fused-ring (bicyclic) bond motifs is 7. The fraction of sp³-hybridized carbons (Fsp3) is 0.172. The molecule has 3 aromatic heterocycles. The van der Waals surface area contributed by atoms with E-state index in [1.54, 1.807) is 0 Å². The SMILES string of the molecule is CC(C)c1cccc(C(C)C)c1-c1cccc(N2CN(c3cc(Oc4ccc5c6ccccc6n(-c6cc(C(C)(C)C)ccn6)c5c4)cc(-n4c5ccccc5c5ccccc54)c3)c3ccccc32)c1. The fourth-order valence-corrected chi connectivity index (χ4v) is 10.9. The number of benzene rings is 8. The maximum atomic E-state index is 7.15. The van der Waals surface area contributed by atoms with Gasteiger partial charge in [-0.1, -0.05) is 146 Å². The minimum Gasteiger partial charge on any atom is -0.457 e. The summed E-state index contributed by atoms with van der Waals surface area (Å²) in [7, 11) is 0. The molecule has 0 bridgehead atoms. The van der Waals surface area contributed by atoms with E-state index in [2.05, 4.69) is 255 Å². The quantitative estimate of drug-likeness (QED) is 0.145. The van der Waals surface area contributed by atoms with Crippen molar-refractivity contribution in [2.24, 2.45) is 0 Å². The Balaban J connectivity index is 1.01. The molecular weight excluding hydrogens is 855 g/mol. The summed E-state index contributed by atoms with van der Waals surface area (Å²) in [4.78, 5) is 9.84. The minimum atomic E-state index is -0.0298. The molecule has 0 saturated carbocycles. The van der Waals surface area contributed by atoms with Crippen LogP contribution in [0.25, 0.3) is 66.2 Å². The van der Waals surface area contributed by atoms with Crippen LogP contribution in [0.1, 0.15) is 77.0 Å². The van der Waals surface area contributed by atoms with E-state index in [1.165, 1.54) is 44.0 Å². The van der Waals surface area contributed by atoms with E-state index in [1.807, 2.05) is 6.20 Å². The van der Waals surface area contributed by atoms with Crippen molar-refractivity contribution >= 4 is 66.4 Å². The average molecular weight is 912 g/mol. The highest BCUT2D eigenvalue weighted by Crippen LogP contribution is 2.48. The zero-order valence-electron chi connectivity index (χ0n) is 41.0. The molecule has 0 spiro atoms. The lowest BCUT2D eigenvalue weighted by atomic mass is 9.85. The first-order chi connectivity index (χ1) is 34.0. The summed E-state index contributed by atoms with van der Waals surface area (Å²) in [6.45, 7) is 16.6. The molecule has 12 rings (SSSR count). The molecule has 0 atom stereocenters. The number of nitrogens with zero attached hydrogens (tertiary/aromatic N) is 5. The molecule has 0 fully saturated rings. The largest absolute Gasteiger partial charge is 0.457 e. The minimum absolute atomic E-state index is 0.0298. The van der Waals surface area contributed by atoms with Gasteiger partial charge in [-0.15, -0.1) is 0 Å². The highest BCUT2D eigenvalue weighted by molar-refractivity contribution is 6.10. The first-order valence-electron chi connectivity index (χ1n) is 24.7. The van der Waals surface area contributed by atoms with Crippen molar-refractivity contribution in [1.82, 2.24) is 14.1 Å². The number of rotatable bonds is 9. The van der Waals surface area contributed by atoms with Crippen molar-refractivity contribution in [3.05, 3.63) is 211 Å². The number of para-hydroxylation sites is 5. The van der Waals surface area contributed by atoms with Crippen LogP contribution in [0.5, 0.6) is 11.5 Å². The summed E-state index contributed by atoms with van der Waals surface area (Å²) >= 11 is 0. The van der Waals surface area contributed by atoms with E-state index in [9.17, 15) is 0 Å². The number of anilines is 4. The molecule has 4 heterocycles. The van der Waals surface area contributed by atoms with Crippen LogP contribution in [-0.4, -0.2) is 20.8 Å². The van der Waals surface area contributed by atoms with E-state index < -0.39 is 0 Å². The van der Waals surface area contributed by atoms with Gasteiger partial charge in [0, 0.05) is 57.3 Å². The third-order valence-corrected chi connectivity index (χ3v) is 14.3. The third-order valence-electron chi connectivity index (χ3n) is 14.3. The Morgan fingerprint density at radius 2 is 1.01 bits per heavy atom. The molecule has 1 aliphatic heterocycles. The summed E-state index contributed by atoms with van der Waals surface area (Å²) in [6.07, 6.45) is 1.93. The van der Waals surface area contributed by atoms with E-state index in [0.29, 0.717) is 18.5 Å². The van der Waals surface area contributed by atoms with E-state index >= 15 is 0 Å². The highest BCUT2D eigenvalue weighted by atomic mass is 16.5. The molecule has 0 N–H and O–H groups in total. The Bertz CT molecular complexity index is 3730. The Labute approximate surface area is 410 Å². The molecule has 0 aliphatic carbocycles. The zero-order chi connectivity index (χ0) is 47.8. The fourth-order valence-electron chi connectivity index (χ4n) is 10.9. The molecular formula is C64H57N5O. The molecule has 0 unspecified atom stereocenters. The molecule has 0 saturated heterocycles. The molecule has 6 nitrogen and oxygen atoms in total. The van der Waals surface area contributed by atoms with Gasteiger partial charge >= 0.3 is 0 Å².